The van der Waals surface area contributed by atoms with E-state index in [0.29, 0.717) is 12.6 Å². The first-order chi connectivity index (χ1) is 7.24. The fraction of sp³-hybridized carbons (Fsp3) is 0.417. The van der Waals surface area contributed by atoms with Crippen LogP contribution in [0.25, 0.3) is 10.9 Å². The Morgan fingerprint density at radius 1 is 1.40 bits per heavy atom. The van der Waals surface area contributed by atoms with Crippen molar-refractivity contribution in [2.45, 2.75) is 26.3 Å². The van der Waals surface area contributed by atoms with E-state index < -0.39 is 0 Å². The van der Waals surface area contributed by atoms with Crippen LogP contribution in [0.1, 0.15) is 25.5 Å². The molecular weight excluding hydrogens is 186 g/mol. The summed E-state index contributed by atoms with van der Waals surface area (Å²) in [5, 5.41) is 5.65. The first kappa shape index (κ1) is 10.2. The highest BCUT2D eigenvalue weighted by molar-refractivity contribution is 5.82. The van der Waals surface area contributed by atoms with Crippen LogP contribution in [0.15, 0.2) is 24.4 Å². The largest absolute Gasteiger partial charge is 0.330 e. The summed E-state index contributed by atoms with van der Waals surface area (Å²) in [5.41, 5.74) is 8.09. The highest BCUT2D eigenvalue weighted by Crippen LogP contribution is 2.21. The molecule has 0 aliphatic heterocycles. The number of hydrogen-bond acceptors (Lipinski definition) is 2. The van der Waals surface area contributed by atoms with Gasteiger partial charge in [-0.25, -0.2) is 0 Å². The molecule has 0 radical (unpaired) electrons. The Hall–Kier alpha value is -1.35. The van der Waals surface area contributed by atoms with Gasteiger partial charge in [0.1, 0.15) is 0 Å². The SMILES string of the molecule is CC(C)n1ncc2c(CCN)cccc21. The monoisotopic (exact) mass is 203 g/mol. The van der Waals surface area contributed by atoms with Gasteiger partial charge in [-0.1, -0.05) is 12.1 Å². The third kappa shape index (κ3) is 1.75. The van der Waals surface area contributed by atoms with E-state index in [0.717, 1.165) is 6.42 Å². The van der Waals surface area contributed by atoms with Gasteiger partial charge in [0.2, 0.25) is 0 Å². The van der Waals surface area contributed by atoms with Gasteiger partial charge in [-0.2, -0.15) is 5.10 Å². The minimum atomic E-state index is 0.399. The second-order valence-corrected chi connectivity index (χ2v) is 4.07. The van der Waals surface area contributed by atoms with Gasteiger partial charge < -0.3 is 5.73 Å². The van der Waals surface area contributed by atoms with E-state index in [9.17, 15) is 0 Å². The Kier molecular flexibility index (Phi) is 2.73. The fourth-order valence-corrected chi connectivity index (χ4v) is 1.92. The number of aromatic nitrogens is 2. The van der Waals surface area contributed by atoms with Crippen molar-refractivity contribution in [2.75, 3.05) is 6.54 Å². The van der Waals surface area contributed by atoms with Crippen molar-refractivity contribution < 1.29 is 0 Å². The zero-order valence-electron chi connectivity index (χ0n) is 9.27. The van der Waals surface area contributed by atoms with Crippen molar-refractivity contribution in [1.82, 2.24) is 9.78 Å². The average molecular weight is 203 g/mol. The van der Waals surface area contributed by atoms with Crippen LogP contribution in [0.4, 0.5) is 0 Å². The average Bonchev–Trinajstić information content (AvgIpc) is 2.62. The van der Waals surface area contributed by atoms with E-state index in [2.05, 4.69) is 41.8 Å². The van der Waals surface area contributed by atoms with Crippen molar-refractivity contribution in [2.24, 2.45) is 5.73 Å². The summed E-state index contributed by atoms with van der Waals surface area (Å²) in [6, 6.07) is 6.72. The van der Waals surface area contributed by atoms with E-state index >= 15 is 0 Å². The first-order valence-electron chi connectivity index (χ1n) is 5.39. The number of hydrogen-bond donors (Lipinski definition) is 1. The van der Waals surface area contributed by atoms with Crippen LogP contribution in [0, 0.1) is 0 Å². The van der Waals surface area contributed by atoms with Crippen LogP contribution in [-0.2, 0) is 6.42 Å². The van der Waals surface area contributed by atoms with Crippen LogP contribution < -0.4 is 5.73 Å². The number of nitrogens with two attached hydrogens (primary N) is 1. The standard InChI is InChI=1S/C12H17N3/c1-9(2)15-12-5-3-4-10(6-7-13)11(12)8-14-15/h3-5,8-9H,6-7,13H2,1-2H3. The molecule has 0 unspecified atom stereocenters. The van der Waals surface area contributed by atoms with Crippen LogP contribution in [0.3, 0.4) is 0 Å². The second kappa shape index (κ2) is 4.03. The van der Waals surface area contributed by atoms with Gasteiger partial charge in [0.25, 0.3) is 0 Å². The molecule has 1 aromatic carbocycles. The first-order valence-corrected chi connectivity index (χ1v) is 5.39. The predicted octanol–water partition coefficient (Wildman–Crippen LogP) is 2.12. The molecule has 0 atom stereocenters. The summed E-state index contributed by atoms with van der Waals surface area (Å²) in [6.07, 6.45) is 2.86. The van der Waals surface area contributed by atoms with Gasteiger partial charge in [0.05, 0.1) is 11.7 Å². The Bertz CT molecular complexity index is 457. The maximum atomic E-state index is 5.59. The van der Waals surface area contributed by atoms with Crippen LogP contribution in [0.2, 0.25) is 0 Å². The fourth-order valence-electron chi connectivity index (χ4n) is 1.92. The van der Waals surface area contributed by atoms with E-state index in [4.69, 9.17) is 5.73 Å². The molecule has 2 rings (SSSR count). The van der Waals surface area contributed by atoms with Gasteiger partial charge in [-0.15, -0.1) is 0 Å². The zero-order chi connectivity index (χ0) is 10.8. The molecule has 15 heavy (non-hydrogen) atoms. The molecule has 0 fully saturated rings. The minimum Gasteiger partial charge on any atom is -0.330 e. The molecule has 2 N–H and O–H groups in total. The number of nitrogens with zero attached hydrogens (tertiary/aromatic N) is 2. The lowest BCUT2D eigenvalue weighted by atomic mass is 10.1. The van der Waals surface area contributed by atoms with Crippen molar-refractivity contribution in [3.05, 3.63) is 30.0 Å². The smallest absolute Gasteiger partial charge is 0.0688 e. The molecule has 0 aliphatic carbocycles. The normalized spacial score (nSPS) is 11.5. The Balaban J connectivity index is 2.58. The third-order valence-corrected chi connectivity index (χ3v) is 2.63. The summed E-state index contributed by atoms with van der Waals surface area (Å²) in [7, 11) is 0. The van der Waals surface area contributed by atoms with Gasteiger partial charge >= 0.3 is 0 Å². The van der Waals surface area contributed by atoms with Gasteiger partial charge in [0, 0.05) is 11.4 Å². The van der Waals surface area contributed by atoms with Crippen LogP contribution in [0.5, 0.6) is 0 Å². The Morgan fingerprint density at radius 2 is 2.20 bits per heavy atom. The molecule has 0 amide bonds. The maximum Gasteiger partial charge on any atom is 0.0688 e. The molecule has 0 bridgehead atoms. The number of rotatable bonds is 3. The molecule has 1 aromatic heterocycles. The molecule has 0 saturated heterocycles. The molecule has 3 nitrogen and oxygen atoms in total. The topological polar surface area (TPSA) is 43.8 Å². The van der Waals surface area contributed by atoms with Crippen molar-refractivity contribution in [3.8, 4) is 0 Å². The van der Waals surface area contributed by atoms with E-state index in [1.54, 1.807) is 0 Å². The summed E-state index contributed by atoms with van der Waals surface area (Å²) >= 11 is 0. The highest BCUT2D eigenvalue weighted by Gasteiger charge is 2.07. The lowest BCUT2D eigenvalue weighted by Crippen LogP contribution is -2.04. The molecule has 0 aliphatic rings. The lowest BCUT2D eigenvalue weighted by Gasteiger charge is -2.07. The van der Waals surface area contributed by atoms with Gasteiger partial charge in [-0.05, 0) is 38.4 Å². The minimum absolute atomic E-state index is 0.399. The van der Waals surface area contributed by atoms with Crippen LogP contribution in [-0.4, -0.2) is 16.3 Å². The van der Waals surface area contributed by atoms with Crippen molar-refractivity contribution in [1.29, 1.82) is 0 Å². The Morgan fingerprint density at radius 3 is 2.87 bits per heavy atom. The van der Waals surface area contributed by atoms with Crippen molar-refractivity contribution in [3.63, 3.8) is 0 Å². The number of fused-ring (bicyclic) bond motifs is 1. The zero-order valence-corrected chi connectivity index (χ0v) is 9.27. The van der Waals surface area contributed by atoms with Gasteiger partial charge in [-0.3, -0.25) is 4.68 Å². The molecule has 1 heterocycles. The summed E-state index contributed by atoms with van der Waals surface area (Å²) in [6.45, 7) is 4.97. The van der Waals surface area contributed by atoms with E-state index in [1.807, 2.05) is 6.20 Å². The van der Waals surface area contributed by atoms with E-state index in [-0.39, 0.29) is 0 Å². The van der Waals surface area contributed by atoms with Gasteiger partial charge in [0.15, 0.2) is 0 Å². The number of benzene rings is 1. The molecule has 3 heteroatoms. The van der Waals surface area contributed by atoms with Crippen LogP contribution >= 0.6 is 0 Å². The maximum absolute atomic E-state index is 5.59. The third-order valence-electron chi connectivity index (χ3n) is 2.63. The summed E-state index contributed by atoms with van der Waals surface area (Å²) < 4.78 is 2.05. The van der Waals surface area contributed by atoms with E-state index in [1.165, 1.54) is 16.5 Å². The quantitative estimate of drug-likeness (QED) is 0.830. The Labute approximate surface area is 89.9 Å². The molecule has 0 saturated carbocycles. The molecule has 0 spiro atoms. The summed E-state index contributed by atoms with van der Waals surface area (Å²) in [5.74, 6) is 0. The highest BCUT2D eigenvalue weighted by atomic mass is 15.3. The molecular formula is C12H17N3. The predicted molar refractivity (Wildman–Crippen MR) is 62.9 cm³/mol. The lowest BCUT2D eigenvalue weighted by molar-refractivity contribution is 0.551. The van der Waals surface area contributed by atoms with Crippen molar-refractivity contribution >= 4 is 10.9 Å². The molecule has 2 aromatic rings. The second-order valence-electron chi connectivity index (χ2n) is 4.07. The summed E-state index contributed by atoms with van der Waals surface area (Å²) in [4.78, 5) is 0. The molecule has 80 valence electrons.